The largest absolute Gasteiger partial charge is 0.466 e. The lowest BCUT2D eigenvalue weighted by Gasteiger charge is -2.31. The second-order valence-corrected chi connectivity index (χ2v) is 8.53. The number of fused-ring (bicyclic) bond motifs is 4. The summed E-state index contributed by atoms with van der Waals surface area (Å²) in [6, 6.07) is 13.6. The van der Waals surface area contributed by atoms with Crippen LogP contribution >= 0.6 is 11.3 Å². The Balaban J connectivity index is 1.43. The number of para-hydroxylation sites is 2. The maximum absolute atomic E-state index is 13.1. The van der Waals surface area contributed by atoms with E-state index in [9.17, 15) is 9.59 Å². The summed E-state index contributed by atoms with van der Waals surface area (Å²) < 4.78 is 6.19. The van der Waals surface area contributed by atoms with Crippen molar-refractivity contribution >= 4 is 54.7 Å². The number of benzene rings is 2. The first-order chi connectivity index (χ1) is 14.6. The Morgan fingerprint density at radius 3 is 2.57 bits per heavy atom. The maximum Gasteiger partial charge on any atom is 0.309 e. The van der Waals surface area contributed by atoms with E-state index in [-0.39, 0.29) is 17.8 Å². The van der Waals surface area contributed by atoms with Gasteiger partial charge in [-0.1, -0.05) is 12.1 Å². The van der Waals surface area contributed by atoms with E-state index >= 15 is 0 Å². The van der Waals surface area contributed by atoms with E-state index < -0.39 is 0 Å². The minimum atomic E-state index is -0.151. The summed E-state index contributed by atoms with van der Waals surface area (Å²) in [4.78, 5) is 37.3. The summed E-state index contributed by atoms with van der Waals surface area (Å²) in [5.74, 6) is -0.269. The van der Waals surface area contributed by atoms with E-state index in [0.717, 1.165) is 31.5 Å². The van der Waals surface area contributed by atoms with Gasteiger partial charge in [-0.2, -0.15) is 0 Å². The lowest BCUT2D eigenvalue weighted by Crippen LogP contribution is -2.40. The fourth-order valence-electron chi connectivity index (χ4n) is 4.03. The Bertz CT molecular complexity index is 1270. The van der Waals surface area contributed by atoms with Crippen LogP contribution in [0.5, 0.6) is 0 Å². The fourth-order valence-corrected chi connectivity index (χ4v) is 5.04. The van der Waals surface area contributed by atoms with Crippen LogP contribution in [0.3, 0.4) is 0 Å². The Kier molecular flexibility index (Phi) is 4.83. The highest BCUT2D eigenvalue weighted by Crippen LogP contribution is 2.33. The topological polar surface area (TPSA) is 72.4 Å². The number of likely N-dealkylation sites (tertiary alicyclic amines) is 1. The van der Waals surface area contributed by atoms with Crippen LogP contribution in [0.4, 0.5) is 0 Å². The van der Waals surface area contributed by atoms with Crippen molar-refractivity contribution in [3.63, 3.8) is 0 Å². The number of esters is 1. The number of amides is 1. The number of carbonyl (C=O) groups excluding carboxylic acids is 2. The zero-order valence-electron chi connectivity index (χ0n) is 16.6. The first kappa shape index (κ1) is 18.9. The molecule has 7 heteroatoms. The molecule has 0 bridgehead atoms. The fraction of sp³-hybridized carbons (Fsp3) is 0.304. The highest BCUT2D eigenvalue weighted by atomic mass is 32.1. The molecule has 0 saturated carbocycles. The van der Waals surface area contributed by atoms with E-state index in [1.165, 1.54) is 0 Å². The third-order valence-electron chi connectivity index (χ3n) is 5.63. The molecule has 152 valence electrons. The number of hydrogen-bond acceptors (Lipinski definition) is 6. The van der Waals surface area contributed by atoms with Crippen molar-refractivity contribution in [2.24, 2.45) is 5.92 Å². The molecule has 1 amide bonds. The first-order valence-corrected chi connectivity index (χ1v) is 11.0. The average Bonchev–Trinajstić information content (AvgIpc) is 3.14. The number of hydrogen-bond donors (Lipinski definition) is 0. The SMILES string of the molecule is CCOC(=O)C1CCN(C(=O)c2ccc3sc4nc5ccccc5nc4c3c2)CC1. The van der Waals surface area contributed by atoms with Crippen molar-refractivity contribution < 1.29 is 14.3 Å². The van der Waals surface area contributed by atoms with Crippen LogP contribution < -0.4 is 0 Å². The van der Waals surface area contributed by atoms with Gasteiger partial charge in [-0.05, 0) is 50.1 Å². The molecule has 3 heterocycles. The number of rotatable bonds is 3. The first-order valence-electron chi connectivity index (χ1n) is 10.2. The van der Waals surface area contributed by atoms with Crippen molar-refractivity contribution in [2.75, 3.05) is 19.7 Å². The van der Waals surface area contributed by atoms with Gasteiger partial charge >= 0.3 is 5.97 Å². The van der Waals surface area contributed by atoms with Gasteiger partial charge < -0.3 is 9.64 Å². The maximum atomic E-state index is 13.1. The Morgan fingerprint density at radius 1 is 1.10 bits per heavy atom. The Hall–Kier alpha value is -3.06. The van der Waals surface area contributed by atoms with Crippen molar-refractivity contribution in [2.45, 2.75) is 19.8 Å². The van der Waals surface area contributed by atoms with Crippen molar-refractivity contribution in [3.8, 4) is 0 Å². The van der Waals surface area contributed by atoms with Crippen molar-refractivity contribution in [3.05, 3.63) is 48.0 Å². The van der Waals surface area contributed by atoms with E-state index in [2.05, 4.69) is 0 Å². The molecule has 0 radical (unpaired) electrons. The predicted molar refractivity (Wildman–Crippen MR) is 118 cm³/mol. The quantitative estimate of drug-likeness (QED) is 0.460. The molecule has 2 aromatic carbocycles. The molecule has 0 spiro atoms. The summed E-state index contributed by atoms with van der Waals surface area (Å²) >= 11 is 1.59. The number of carbonyl (C=O) groups is 2. The molecule has 6 nitrogen and oxygen atoms in total. The number of piperidine rings is 1. The lowest BCUT2D eigenvalue weighted by molar-refractivity contribution is -0.149. The highest BCUT2D eigenvalue weighted by molar-refractivity contribution is 7.25. The third kappa shape index (κ3) is 3.29. The van der Waals surface area contributed by atoms with Crippen LogP contribution in [0.15, 0.2) is 42.5 Å². The summed E-state index contributed by atoms with van der Waals surface area (Å²) in [6.45, 7) is 3.34. The molecular formula is C23H21N3O3S. The Labute approximate surface area is 177 Å². The van der Waals surface area contributed by atoms with Crippen LogP contribution in [0.2, 0.25) is 0 Å². The van der Waals surface area contributed by atoms with Gasteiger partial charge in [0.1, 0.15) is 10.3 Å². The summed E-state index contributed by atoms with van der Waals surface area (Å²) in [7, 11) is 0. The van der Waals surface area contributed by atoms with Crippen LogP contribution in [-0.4, -0.2) is 46.4 Å². The molecule has 0 atom stereocenters. The smallest absolute Gasteiger partial charge is 0.309 e. The van der Waals surface area contributed by atoms with Gasteiger partial charge in [0.25, 0.3) is 5.91 Å². The van der Waals surface area contributed by atoms with Crippen LogP contribution in [0.1, 0.15) is 30.1 Å². The molecule has 5 rings (SSSR count). The zero-order valence-corrected chi connectivity index (χ0v) is 17.4. The van der Waals surface area contributed by atoms with Crippen LogP contribution in [0.25, 0.3) is 31.5 Å². The number of aromatic nitrogens is 2. The summed E-state index contributed by atoms with van der Waals surface area (Å²) in [5, 5.41) is 0.959. The second kappa shape index (κ2) is 7.65. The standard InChI is InChI=1S/C23H21N3O3S/c1-2-29-23(28)14-9-11-26(12-10-14)22(27)15-7-8-19-16(13-15)20-21(30-19)25-18-6-4-3-5-17(18)24-20/h3-8,13-14H,2,9-12H2,1H3. The van der Waals surface area contributed by atoms with Gasteiger partial charge in [0.05, 0.1) is 23.6 Å². The minimum Gasteiger partial charge on any atom is -0.466 e. The van der Waals surface area contributed by atoms with Gasteiger partial charge in [-0.25, -0.2) is 9.97 Å². The van der Waals surface area contributed by atoms with Crippen LogP contribution in [0, 0.1) is 5.92 Å². The summed E-state index contributed by atoms with van der Waals surface area (Å²) in [6.07, 6.45) is 1.29. The van der Waals surface area contributed by atoms with Gasteiger partial charge in [0, 0.05) is 28.7 Å². The normalized spacial score (nSPS) is 15.2. The van der Waals surface area contributed by atoms with E-state index in [1.54, 1.807) is 11.3 Å². The number of thiophene rings is 1. The molecule has 1 aliphatic rings. The molecule has 2 aromatic heterocycles. The molecule has 0 N–H and O–H groups in total. The molecule has 4 aromatic rings. The van der Waals surface area contributed by atoms with Crippen LogP contribution in [-0.2, 0) is 9.53 Å². The molecule has 1 saturated heterocycles. The highest BCUT2D eigenvalue weighted by Gasteiger charge is 2.28. The molecule has 1 fully saturated rings. The molecule has 1 aliphatic heterocycles. The third-order valence-corrected chi connectivity index (χ3v) is 6.68. The van der Waals surface area contributed by atoms with Gasteiger partial charge in [-0.3, -0.25) is 9.59 Å². The summed E-state index contributed by atoms with van der Waals surface area (Å²) in [5.41, 5.74) is 3.20. The second-order valence-electron chi connectivity index (χ2n) is 7.50. The van der Waals surface area contributed by atoms with Gasteiger partial charge in [0.15, 0.2) is 0 Å². The lowest BCUT2D eigenvalue weighted by atomic mass is 9.96. The minimum absolute atomic E-state index is 0.00712. The number of nitrogens with zero attached hydrogens (tertiary/aromatic N) is 3. The monoisotopic (exact) mass is 419 g/mol. The van der Waals surface area contributed by atoms with E-state index in [0.29, 0.717) is 38.1 Å². The van der Waals surface area contributed by atoms with E-state index in [1.807, 2.05) is 54.3 Å². The predicted octanol–water partition coefficient (Wildman–Crippen LogP) is 4.41. The number of ether oxygens (including phenoxy) is 1. The molecule has 0 unspecified atom stereocenters. The molecule has 30 heavy (non-hydrogen) atoms. The molecule has 0 aliphatic carbocycles. The Morgan fingerprint density at radius 2 is 1.83 bits per heavy atom. The van der Waals surface area contributed by atoms with E-state index in [4.69, 9.17) is 14.7 Å². The van der Waals surface area contributed by atoms with Crippen molar-refractivity contribution in [1.82, 2.24) is 14.9 Å². The molecular weight excluding hydrogens is 398 g/mol. The zero-order chi connectivity index (χ0) is 20.7. The van der Waals surface area contributed by atoms with Gasteiger partial charge in [0.2, 0.25) is 0 Å². The van der Waals surface area contributed by atoms with Crippen molar-refractivity contribution in [1.29, 1.82) is 0 Å². The van der Waals surface area contributed by atoms with Gasteiger partial charge in [-0.15, -0.1) is 11.3 Å². The average molecular weight is 420 g/mol.